The van der Waals surface area contributed by atoms with Gasteiger partial charge >= 0.3 is 0 Å². The largest absolute Gasteiger partial charge is 0.487 e. The van der Waals surface area contributed by atoms with Crippen molar-refractivity contribution < 1.29 is 9.47 Å². The smallest absolute Gasteiger partial charge is 0.169 e. The monoisotopic (exact) mass is 294 g/mol. The van der Waals surface area contributed by atoms with Crippen LogP contribution in [-0.4, -0.2) is 12.2 Å². The van der Waals surface area contributed by atoms with Crippen LogP contribution in [0.4, 0.5) is 0 Å². The van der Waals surface area contributed by atoms with E-state index >= 15 is 0 Å². The van der Waals surface area contributed by atoms with Crippen molar-refractivity contribution in [3.63, 3.8) is 0 Å². The molecule has 0 aromatic heterocycles. The highest BCUT2D eigenvalue weighted by Gasteiger charge is 2.14. The molecule has 0 heterocycles. The Labute approximate surface area is 131 Å². The Balaban J connectivity index is 2.26. The van der Waals surface area contributed by atoms with E-state index in [0.717, 1.165) is 16.9 Å². The summed E-state index contributed by atoms with van der Waals surface area (Å²) in [4.78, 5) is 0. The third-order valence-corrected chi connectivity index (χ3v) is 3.52. The maximum absolute atomic E-state index is 6.08. The van der Waals surface area contributed by atoms with Crippen molar-refractivity contribution >= 4 is 21.5 Å². The lowest BCUT2D eigenvalue weighted by atomic mass is 10.0. The molecule has 22 heavy (non-hydrogen) atoms. The third kappa shape index (κ3) is 2.87. The Morgan fingerprint density at radius 3 is 1.95 bits per heavy atom. The minimum Gasteiger partial charge on any atom is -0.487 e. The summed E-state index contributed by atoms with van der Waals surface area (Å²) < 4.78 is 12.0. The molecule has 0 spiro atoms. The predicted octanol–water partition coefficient (Wildman–Crippen LogP) is 5.57. The SMILES string of the molecule is CC(C)Oc1ccc2cc3ccccc3cc2c1OC(C)C. The van der Waals surface area contributed by atoms with Crippen molar-refractivity contribution in [1.29, 1.82) is 0 Å². The van der Waals surface area contributed by atoms with Gasteiger partial charge in [0.25, 0.3) is 0 Å². The van der Waals surface area contributed by atoms with Crippen LogP contribution < -0.4 is 9.47 Å². The Morgan fingerprint density at radius 1 is 0.682 bits per heavy atom. The summed E-state index contributed by atoms with van der Waals surface area (Å²) in [6, 6.07) is 16.9. The van der Waals surface area contributed by atoms with Crippen LogP contribution in [0, 0.1) is 0 Å². The average molecular weight is 294 g/mol. The fourth-order valence-corrected chi connectivity index (χ4v) is 2.67. The van der Waals surface area contributed by atoms with E-state index in [0.29, 0.717) is 0 Å². The highest BCUT2D eigenvalue weighted by molar-refractivity contribution is 6.01. The zero-order valence-corrected chi connectivity index (χ0v) is 13.6. The predicted molar refractivity (Wildman–Crippen MR) is 93.0 cm³/mol. The van der Waals surface area contributed by atoms with Crippen LogP contribution in [-0.2, 0) is 0 Å². The molecule has 0 bridgehead atoms. The number of hydrogen-bond acceptors (Lipinski definition) is 2. The van der Waals surface area contributed by atoms with Gasteiger partial charge in [-0.2, -0.15) is 0 Å². The second-order valence-corrected chi connectivity index (χ2v) is 6.15. The first-order valence-corrected chi connectivity index (χ1v) is 7.83. The van der Waals surface area contributed by atoms with E-state index in [1.165, 1.54) is 16.2 Å². The van der Waals surface area contributed by atoms with E-state index in [-0.39, 0.29) is 12.2 Å². The number of rotatable bonds is 4. The lowest BCUT2D eigenvalue weighted by Gasteiger charge is -2.19. The second kappa shape index (κ2) is 5.88. The van der Waals surface area contributed by atoms with Crippen LogP contribution in [0.2, 0.25) is 0 Å². The molecular weight excluding hydrogens is 272 g/mol. The molecule has 0 atom stereocenters. The van der Waals surface area contributed by atoms with Gasteiger partial charge in [0.2, 0.25) is 0 Å². The number of benzene rings is 3. The summed E-state index contributed by atoms with van der Waals surface area (Å²) in [6.45, 7) is 8.14. The van der Waals surface area contributed by atoms with Crippen molar-refractivity contribution in [3.8, 4) is 11.5 Å². The number of fused-ring (bicyclic) bond motifs is 2. The van der Waals surface area contributed by atoms with Crippen molar-refractivity contribution in [2.24, 2.45) is 0 Å². The molecule has 0 amide bonds. The maximum atomic E-state index is 6.08. The zero-order chi connectivity index (χ0) is 15.7. The summed E-state index contributed by atoms with van der Waals surface area (Å²) in [5, 5.41) is 4.73. The molecule has 3 rings (SSSR count). The number of ether oxygens (including phenoxy) is 2. The van der Waals surface area contributed by atoms with Gasteiger partial charge in [0.15, 0.2) is 11.5 Å². The lowest BCUT2D eigenvalue weighted by Crippen LogP contribution is -2.11. The summed E-state index contributed by atoms with van der Waals surface area (Å²) in [6.07, 6.45) is 0.221. The molecule has 114 valence electrons. The van der Waals surface area contributed by atoms with Crippen LogP contribution in [0.3, 0.4) is 0 Å². The molecule has 0 radical (unpaired) electrons. The van der Waals surface area contributed by atoms with Gasteiger partial charge in [-0.1, -0.05) is 30.3 Å². The van der Waals surface area contributed by atoms with E-state index in [2.05, 4.69) is 42.5 Å². The van der Waals surface area contributed by atoms with E-state index in [1.807, 2.05) is 33.8 Å². The maximum Gasteiger partial charge on any atom is 0.169 e. The average Bonchev–Trinajstić information content (AvgIpc) is 2.47. The first kappa shape index (κ1) is 14.7. The zero-order valence-electron chi connectivity index (χ0n) is 13.6. The second-order valence-electron chi connectivity index (χ2n) is 6.15. The van der Waals surface area contributed by atoms with Crippen LogP contribution >= 0.6 is 0 Å². The van der Waals surface area contributed by atoms with Crippen LogP contribution in [0.25, 0.3) is 21.5 Å². The Kier molecular flexibility index (Phi) is 3.93. The molecule has 0 N–H and O–H groups in total. The van der Waals surface area contributed by atoms with Crippen molar-refractivity contribution in [3.05, 3.63) is 48.5 Å². The van der Waals surface area contributed by atoms with Crippen molar-refractivity contribution in [1.82, 2.24) is 0 Å². The van der Waals surface area contributed by atoms with E-state index in [1.54, 1.807) is 0 Å². The quantitative estimate of drug-likeness (QED) is 0.586. The Hall–Kier alpha value is -2.22. The molecule has 3 aromatic rings. The molecule has 0 saturated heterocycles. The minimum atomic E-state index is 0.103. The topological polar surface area (TPSA) is 18.5 Å². The fourth-order valence-electron chi connectivity index (χ4n) is 2.67. The van der Waals surface area contributed by atoms with Crippen molar-refractivity contribution in [2.45, 2.75) is 39.9 Å². The van der Waals surface area contributed by atoms with Gasteiger partial charge in [-0.3, -0.25) is 0 Å². The molecule has 0 aliphatic heterocycles. The van der Waals surface area contributed by atoms with E-state index in [4.69, 9.17) is 9.47 Å². The first-order valence-electron chi connectivity index (χ1n) is 7.83. The van der Waals surface area contributed by atoms with Gasteiger partial charge in [0.1, 0.15) is 0 Å². The molecule has 0 aliphatic carbocycles. The normalized spacial score (nSPS) is 11.5. The molecular formula is C20H22O2. The standard InChI is InChI=1S/C20H22O2/c1-13(2)21-19-10-9-17-11-15-7-5-6-8-16(15)12-18(17)20(19)22-14(3)4/h5-14H,1-4H3. The Bertz CT molecular complexity index is 803. The highest BCUT2D eigenvalue weighted by atomic mass is 16.5. The van der Waals surface area contributed by atoms with Crippen LogP contribution in [0.5, 0.6) is 11.5 Å². The molecule has 2 heteroatoms. The van der Waals surface area contributed by atoms with Gasteiger partial charge in [0.05, 0.1) is 12.2 Å². The van der Waals surface area contributed by atoms with E-state index < -0.39 is 0 Å². The molecule has 3 aromatic carbocycles. The molecule has 0 saturated carbocycles. The van der Waals surface area contributed by atoms with Gasteiger partial charge in [0, 0.05) is 5.39 Å². The molecule has 0 aliphatic rings. The summed E-state index contributed by atoms with van der Waals surface area (Å²) in [5.74, 6) is 1.65. The van der Waals surface area contributed by atoms with Crippen LogP contribution in [0.15, 0.2) is 48.5 Å². The molecule has 0 unspecified atom stereocenters. The lowest BCUT2D eigenvalue weighted by molar-refractivity contribution is 0.201. The summed E-state index contributed by atoms with van der Waals surface area (Å²) in [5.41, 5.74) is 0. The van der Waals surface area contributed by atoms with Crippen LogP contribution in [0.1, 0.15) is 27.7 Å². The molecule has 2 nitrogen and oxygen atoms in total. The minimum absolute atomic E-state index is 0.103. The number of hydrogen-bond donors (Lipinski definition) is 0. The Morgan fingerprint density at radius 2 is 1.32 bits per heavy atom. The summed E-state index contributed by atoms with van der Waals surface area (Å²) in [7, 11) is 0. The van der Waals surface area contributed by atoms with E-state index in [9.17, 15) is 0 Å². The highest BCUT2D eigenvalue weighted by Crippen LogP contribution is 2.38. The summed E-state index contributed by atoms with van der Waals surface area (Å²) >= 11 is 0. The fraction of sp³-hybridized carbons (Fsp3) is 0.300. The first-order chi connectivity index (χ1) is 10.5. The van der Waals surface area contributed by atoms with Gasteiger partial charge in [-0.15, -0.1) is 0 Å². The van der Waals surface area contributed by atoms with Gasteiger partial charge in [-0.05, 0) is 62.1 Å². The molecule has 0 fully saturated rings. The third-order valence-electron chi connectivity index (χ3n) is 3.52. The van der Waals surface area contributed by atoms with Gasteiger partial charge in [-0.25, -0.2) is 0 Å². The van der Waals surface area contributed by atoms with Crippen molar-refractivity contribution in [2.75, 3.05) is 0 Å². The van der Waals surface area contributed by atoms with Gasteiger partial charge < -0.3 is 9.47 Å².